The molecule has 5 atom stereocenters. The molecule has 30 heavy (non-hydrogen) atoms. The summed E-state index contributed by atoms with van der Waals surface area (Å²) in [6.45, 7) is 3.40. The van der Waals surface area contributed by atoms with Gasteiger partial charge in [-0.15, -0.1) is 0 Å². The Labute approximate surface area is 172 Å². The number of nitrogens with zero attached hydrogens (tertiary/aromatic N) is 2. The zero-order valence-corrected chi connectivity index (χ0v) is 16.8. The monoisotopic (exact) mass is 439 g/mol. The molecular formula is C18H21N3O8S. The van der Waals surface area contributed by atoms with E-state index >= 15 is 0 Å². The molecule has 0 radical (unpaired) electrons. The maximum Gasteiger partial charge on any atom is 0.335 e. The van der Waals surface area contributed by atoms with Crippen molar-refractivity contribution in [3.8, 4) is 0 Å². The lowest BCUT2D eigenvalue weighted by Crippen LogP contribution is -2.56. The zero-order valence-electron chi connectivity index (χ0n) is 16.0. The number of hydrogen-bond acceptors (Lipinski definition) is 9. The van der Waals surface area contributed by atoms with Crippen LogP contribution in [0, 0.1) is 13.8 Å². The first kappa shape index (κ1) is 22.1. The minimum Gasteiger partial charge on any atom is -0.479 e. The van der Waals surface area contributed by atoms with Gasteiger partial charge in [-0.25, -0.2) is 27.9 Å². The predicted molar refractivity (Wildman–Crippen MR) is 102 cm³/mol. The lowest BCUT2D eigenvalue weighted by molar-refractivity contribution is -0.229. The van der Waals surface area contributed by atoms with Crippen LogP contribution in [0.4, 0.5) is 5.95 Å². The average Bonchev–Trinajstić information content (AvgIpc) is 2.65. The fourth-order valence-corrected chi connectivity index (χ4v) is 4.09. The Morgan fingerprint density at radius 3 is 2.10 bits per heavy atom. The topological polar surface area (TPSA) is 179 Å². The summed E-state index contributed by atoms with van der Waals surface area (Å²) in [7, 11) is -4.01. The molecule has 0 amide bonds. The predicted octanol–water partition coefficient (Wildman–Crippen LogP) is -0.499. The second-order valence-electron chi connectivity index (χ2n) is 6.94. The van der Waals surface area contributed by atoms with Crippen molar-refractivity contribution >= 4 is 21.9 Å². The van der Waals surface area contributed by atoms with E-state index in [9.17, 15) is 28.5 Å². The van der Waals surface area contributed by atoms with E-state index in [2.05, 4.69) is 14.7 Å². The van der Waals surface area contributed by atoms with Gasteiger partial charge in [0, 0.05) is 11.4 Å². The highest BCUT2D eigenvalue weighted by molar-refractivity contribution is 7.92. The SMILES string of the molecule is Cc1cc(C)nc(NS(=O)(=O)c2ccc([C@@H]3O[C@H](C(=O)O)[C@@H](O)[C@H](O)[C@H]3O)cc2)n1. The van der Waals surface area contributed by atoms with Crippen LogP contribution in [-0.2, 0) is 19.6 Å². The van der Waals surface area contributed by atoms with Crippen molar-refractivity contribution in [2.24, 2.45) is 0 Å². The maximum absolute atomic E-state index is 12.6. The number of carbonyl (C=O) groups is 1. The van der Waals surface area contributed by atoms with Gasteiger partial charge in [0.2, 0.25) is 5.95 Å². The number of anilines is 1. The number of carboxylic acid groups (broad SMARTS) is 1. The number of benzene rings is 1. The van der Waals surface area contributed by atoms with Gasteiger partial charge >= 0.3 is 5.97 Å². The van der Waals surface area contributed by atoms with Gasteiger partial charge < -0.3 is 25.2 Å². The number of aryl methyl sites for hydroxylation is 2. The second kappa shape index (κ2) is 8.24. The molecule has 3 rings (SSSR count). The fraction of sp³-hybridized carbons (Fsp3) is 0.389. The standard InChI is InChI=1S/C18H21N3O8S/c1-8-7-9(2)20-18(19-8)21-30(27,28)11-5-3-10(4-6-11)15-13(23)12(22)14(24)16(29-15)17(25)26/h3-7,12-16,22-24H,1-2H3,(H,25,26)(H,19,20,21)/t12-,13-,14+,15+,16+/m1/s1. The van der Waals surface area contributed by atoms with Gasteiger partial charge in [-0.1, -0.05) is 12.1 Å². The Hall–Kier alpha value is -2.64. The molecule has 0 spiro atoms. The van der Waals surface area contributed by atoms with Crippen molar-refractivity contribution in [2.45, 2.75) is 49.3 Å². The summed E-state index contributed by atoms with van der Waals surface area (Å²) in [6.07, 6.45) is -8.20. The number of aliphatic carboxylic acids is 1. The molecule has 2 aromatic rings. The number of sulfonamides is 1. The molecule has 1 aromatic carbocycles. The van der Waals surface area contributed by atoms with Crippen LogP contribution in [0.25, 0.3) is 0 Å². The second-order valence-corrected chi connectivity index (χ2v) is 8.62. The highest BCUT2D eigenvalue weighted by Gasteiger charge is 2.47. The molecule has 0 saturated carbocycles. The van der Waals surface area contributed by atoms with Gasteiger partial charge in [0.05, 0.1) is 4.90 Å². The Bertz CT molecular complexity index is 1020. The van der Waals surface area contributed by atoms with Gasteiger partial charge in [0.25, 0.3) is 10.0 Å². The smallest absolute Gasteiger partial charge is 0.335 e. The Kier molecular flexibility index (Phi) is 6.06. The Balaban J connectivity index is 1.83. The lowest BCUT2D eigenvalue weighted by Gasteiger charge is -2.39. The Morgan fingerprint density at radius 2 is 1.57 bits per heavy atom. The van der Waals surface area contributed by atoms with E-state index in [4.69, 9.17) is 9.84 Å². The molecule has 1 aromatic heterocycles. The summed E-state index contributed by atoms with van der Waals surface area (Å²) in [5.41, 5.74) is 1.40. The number of hydrogen-bond donors (Lipinski definition) is 5. The average molecular weight is 439 g/mol. The van der Waals surface area contributed by atoms with E-state index in [1.54, 1.807) is 19.9 Å². The normalized spacial score (nSPS) is 26.9. The molecule has 1 aliphatic heterocycles. The van der Waals surface area contributed by atoms with Crippen molar-refractivity contribution in [2.75, 3.05) is 4.72 Å². The fourth-order valence-electron chi connectivity index (χ4n) is 3.15. The molecule has 5 N–H and O–H groups in total. The van der Waals surface area contributed by atoms with Gasteiger partial charge in [-0.2, -0.15) is 0 Å². The van der Waals surface area contributed by atoms with Crippen LogP contribution in [0.15, 0.2) is 35.2 Å². The first-order chi connectivity index (χ1) is 14.0. The number of aliphatic hydroxyl groups is 3. The van der Waals surface area contributed by atoms with Crippen molar-refractivity contribution in [3.63, 3.8) is 0 Å². The number of ether oxygens (including phenoxy) is 1. The van der Waals surface area contributed by atoms with Crippen molar-refractivity contribution in [1.29, 1.82) is 0 Å². The molecule has 12 heteroatoms. The van der Waals surface area contributed by atoms with Gasteiger partial charge in [0.1, 0.15) is 24.4 Å². The summed E-state index contributed by atoms with van der Waals surface area (Å²) < 4.78 is 32.7. The summed E-state index contributed by atoms with van der Waals surface area (Å²) in [4.78, 5) is 19.1. The van der Waals surface area contributed by atoms with E-state index in [-0.39, 0.29) is 16.4 Å². The summed E-state index contributed by atoms with van der Waals surface area (Å²) >= 11 is 0. The molecule has 1 aliphatic rings. The third kappa shape index (κ3) is 4.42. The number of carboxylic acids is 1. The van der Waals surface area contributed by atoms with Crippen LogP contribution >= 0.6 is 0 Å². The molecular weight excluding hydrogens is 418 g/mol. The van der Waals surface area contributed by atoms with E-state index < -0.39 is 46.5 Å². The van der Waals surface area contributed by atoms with Crippen LogP contribution in [0.2, 0.25) is 0 Å². The number of aromatic nitrogens is 2. The first-order valence-electron chi connectivity index (χ1n) is 8.87. The van der Waals surface area contributed by atoms with Crippen molar-refractivity contribution in [3.05, 3.63) is 47.3 Å². The quantitative estimate of drug-likeness (QED) is 0.408. The summed E-state index contributed by atoms with van der Waals surface area (Å²) in [5, 5.41) is 39.0. The molecule has 11 nitrogen and oxygen atoms in total. The largest absolute Gasteiger partial charge is 0.479 e. The highest BCUT2D eigenvalue weighted by Crippen LogP contribution is 2.33. The van der Waals surface area contributed by atoms with Crippen LogP contribution in [0.1, 0.15) is 23.1 Å². The molecule has 2 heterocycles. The van der Waals surface area contributed by atoms with Crippen LogP contribution in [0.3, 0.4) is 0 Å². The lowest BCUT2D eigenvalue weighted by atomic mass is 9.91. The third-order valence-electron chi connectivity index (χ3n) is 4.58. The molecule has 0 aliphatic carbocycles. The third-order valence-corrected chi connectivity index (χ3v) is 5.93. The molecule has 1 fully saturated rings. The minimum atomic E-state index is -4.01. The van der Waals surface area contributed by atoms with Crippen LogP contribution in [-0.4, -0.2) is 69.2 Å². The highest BCUT2D eigenvalue weighted by atomic mass is 32.2. The van der Waals surface area contributed by atoms with Gasteiger partial charge in [-0.3, -0.25) is 0 Å². The van der Waals surface area contributed by atoms with E-state index in [1.807, 2.05) is 0 Å². The maximum atomic E-state index is 12.6. The van der Waals surface area contributed by atoms with Crippen molar-refractivity contribution in [1.82, 2.24) is 9.97 Å². The molecule has 1 saturated heterocycles. The first-order valence-corrected chi connectivity index (χ1v) is 10.4. The van der Waals surface area contributed by atoms with E-state index in [0.29, 0.717) is 11.4 Å². The van der Waals surface area contributed by atoms with E-state index in [1.165, 1.54) is 24.3 Å². The van der Waals surface area contributed by atoms with E-state index in [0.717, 1.165) is 0 Å². The van der Waals surface area contributed by atoms with Crippen LogP contribution in [0.5, 0.6) is 0 Å². The number of nitrogens with one attached hydrogen (secondary N) is 1. The number of rotatable bonds is 5. The zero-order chi connectivity index (χ0) is 22.2. The summed E-state index contributed by atoms with van der Waals surface area (Å²) in [6, 6.07) is 6.77. The number of aliphatic hydroxyl groups excluding tert-OH is 3. The molecule has 0 bridgehead atoms. The summed E-state index contributed by atoms with van der Waals surface area (Å²) in [5.74, 6) is -1.58. The minimum absolute atomic E-state index is 0.0796. The van der Waals surface area contributed by atoms with Gasteiger partial charge in [-0.05, 0) is 37.6 Å². The Morgan fingerprint density at radius 1 is 1.00 bits per heavy atom. The van der Waals surface area contributed by atoms with Crippen LogP contribution < -0.4 is 4.72 Å². The van der Waals surface area contributed by atoms with Gasteiger partial charge in [0.15, 0.2) is 6.10 Å². The molecule has 0 unspecified atom stereocenters. The van der Waals surface area contributed by atoms with Crippen molar-refractivity contribution < 1.29 is 38.4 Å². The molecule has 162 valence electrons.